The van der Waals surface area contributed by atoms with Crippen molar-refractivity contribution >= 4 is 6.16 Å². The summed E-state index contributed by atoms with van der Waals surface area (Å²) in [5.74, 6) is 0. The van der Waals surface area contributed by atoms with E-state index in [1.165, 1.54) is 0 Å². The number of pyridine rings is 1. The van der Waals surface area contributed by atoms with Gasteiger partial charge in [0.15, 0.2) is 0 Å². The summed E-state index contributed by atoms with van der Waals surface area (Å²) >= 11 is 0. The number of hydrogen-bond donors (Lipinski definition) is 1. The first-order chi connectivity index (χ1) is 6.20. The predicted octanol–water partition coefficient (Wildman–Crippen LogP) is -3.22. The van der Waals surface area contributed by atoms with Gasteiger partial charge in [0.2, 0.25) is 0 Å². The molecule has 0 aliphatic heterocycles. The molecule has 1 rings (SSSR count). The van der Waals surface area contributed by atoms with Gasteiger partial charge >= 0.3 is 29.6 Å². The number of nitrogens with zero attached hydrogens (tertiary/aromatic N) is 2. The Balaban J connectivity index is 0. The van der Waals surface area contributed by atoms with Crippen molar-refractivity contribution in [3.63, 3.8) is 0 Å². The predicted molar refractivity (Wildman–Crippen MR) is 38.1 cm³/mol. The number of aromatic nitrogens is 1. The Kier molecular flexibility index (Phi) is 10.9. The van der Waals surface area contributed by atoms with Crippen LogP contribution in [0.15, 0.2) is 24.4 Å². The molecule has 1 aromatic rings. The summed E-state index contributed by atoms with van der Waals surface area (Å²) in [6, 6.07) is 7.14. The fraction of sp³-hybridized carbons (Fsp3) is 0. The van der Waals surface area contributed by atoms with Crippen LogP contribution in [-0.2, 0) is 4.89 Å². The molecule has 1 aromatic heterocycles. The number of nitriles is 1. The minimum absolute atomic E-state index is 0. The molecule has 0 saturated carbocycles. The first-order valence-electron chi connectivity index (χ1n) is 3.04. The Morgan fingerprint density at radius 3 is 2.43 bits per heavy atom. The third-order valence-electron chi connectivity index (χ3n) is 0.854. The maximum Gasteiger partial charge on any atom is 1.00 e. The van der Waals surface area contributed by atoms with E-state index in [0.717, 1.165) is 0 Å². The van der Waals surface area contributed by atoms with Crippen LogP contribution < -0.4 is 34.7 Å². The molecule has 0 fully saturated rings. The van der Waals surface area contributed by atoms with Crippen molar-refractivity contribution in [2.45, 2.75) is 0 Å². The van der Waals surface area contributed by atoms with E-state index in [9.17, 15) is 0 Å². The normalized spacial score (nSPS) is 6.86. The van der Waals surface area contributed by atoms with Gasteiger partial charge in [-0.1, -0.05) is 6.07 Å². The number of carboxylic acid groups (broad SMARTS) is 1. The molecule has 0 unspecified atom stereocenters. The summed E-state index contributed by atoms with van der Waals surface area (Å²) in [4.78, 5) is 15.1. The fourth-order valence-electron chi connectivity index (χ4n) is 0.429. The maximum absolute atomic E-state index is 8.78. The molecule has 0 bridgehead atoms. The molecule has 0 radical (unpaired) electrons. The quantitative estimate of drug-likeness (QED) is 0.270. The average molecular weight is 204 g/mol. The van der Waals surface area contributed by atoms with Crippen molar-refractivity contribution in [2.75, 3.05) is 0 Å². The van der Waals surface area contributed by atoms with Gasteiger partial charge in [0.1, 0.15) is 11.8 Å². The largest absolute Gasteiger partial charge is 1.00 e. The Morgan fingerprint density at radius 2 is 2.21 bits per heavy atom. The summed E-state index contributed by atoms with van der Waals surface area (Å²) < 4.78 is 0. The van der Waals surface area contributed by atoms with E-state index in [0.29, 0.717) is 5.69 Å². The minimum Gasteiger partial charge on any atom is -0.424 e. The molecule has 7 heteroatoms. The van der Waals surface area contributed by atoms with Gasteiger partial charge in [0, 0.05) is 6.20 Å². The molecule has 0 amide bonds. The molecule has 0 aliphatic carbocycles. The molecule has 0 atom stereocenters. The molecule has 0 saturated heterocycles. The Hall–Kier alpha value is -1.13. The zero-order valence-electron chi connectivity index (χ0n) is 7.38. The van der Waals surface area contributed by atoms with Crippen LogP contribution in [0.2, 0.25) is 0 Å². The van der Waals surface area contributed by atoms with Gasteiger partial charge in [-0.3, -0.25) is 5.26 Å². The van der Waals surface area contributed by atoms with E-state index < -0.39 is 6.16 Å². The van der Waals surface area contributed by atoms with E-state index >= 15 is 0 Å². The van der Waals surface area contributed by atoms with Gasteiger partial charge in [-0.2, -0.15) is 5.26 Å². The van der Waals surface area contributed by atoms with E-state index in [1.807, 2.05) is 6.07 Å². The molecular weight excluding hydrogens is 199 g/mol. The topological polar surface area (TPSA) is 106 Å². The van der Waals surface area contributed by atoms with Crippen molar-refractivity contribution in [1.82, 2.24) is 4.98 Å². The van der Waals surface area contributed by atoms with E-state index in [4.69, 9.17) is 20.4 Å². The Labute approximate surface area is 102 Å². The molecule has 6 nitrogen and oxygen atoms in total. The zero-order valence-corrected chi connectivity index (χ0v) is 9.38. The van der Waals surface area contributed by atoms with E-state index in [-0.39, 0.29) is 29.6 Å². The number of rotatable bonds is 0. The maximum atomic E-state index is 8.78. The van der Waals surface area contributed by atoms with E-state index in [1.54, 1.807) is 24.4 Å². The van der Waals surface area contributed by atoms with Gasteiger partial charge in [-0.05, 0) is 12.1 Å². The van der Waals surface area contributed by atoms with Crippen LogP contribution in [0.5, 0.6) is 0 Å². The van der Waals surface area contributed by atoms with Crippen molar-refractivity contribution < 1.29 is 49.6 Å². The molecule has 1 N–H and O–H groups in total. The third kappa shape index (κ3) is 8.96. The molecule has 0 spiro atoms. The first-order valence-corrected chi connectivity index (χ1v) is 3.04. The summed E-state index contributed by atoms with van der Waals surface area (Å²) in [5.41, 5.74) is 0.465. The average Bonchev–Trinajstić information content (AvgIpc) is 2.20. The number of carbonyl (C=O) groups is 1. The second-order valence-electron chi connectivity index (χ2n) is 1.67. The van der Waals surface area contributed by atoms with Crippen LogP contribution in [-0.4, -0.2) is 16.4 Å². The zero-order chi connectivity index (χ0) is 10.1. The van der Waals surface area contributed by atoms with Crippen LogP contribution in [0.4, 0.5) is 4.79 Å². The third-order valence-corrected chi connectivity index (χ3v) is 0.854. The molecule has 14 heavy (non-hydrogen) atoms. The smallest absolute Gasteiger partial charge is 0.424 e. The molecular formula is C7H5N2NaO4. The first kappa shape index (κ1) is 15.3. The SMILES string of the molecule is N#Cc1ccccn1.O=C([O-])OO.[Na+]. The van der Waals surface area contributed by atoms with E-state index in [2.05, 4.69) is 9.87 Å². The molecule has 0 aliphatic rings. The second-order valence-corrected chi connectivity index (χ2v) is 1.67. The molecule has 1 heterocycles. The van der Waals surface area contributed by atoms with Gasteiger partial charge < -0.3 is 14.8 Å². The fourth-order valence-corrected chi connectivity index (χ4v) is 0.429. The monoisotopic (exact) mass is 204 g/mol. The summed E-state index contributed by atoms with van der Waals surface area (Å²) in [6.45, 7) is 0. The Bertz CT molecular complexity index is 298. The molecule has 68 valence electrons. The van der Waals surface area contributed by atoms with Crippen LogP contribution in [0, 0.1) is 11.3 Å². The second kappa shape index (κ2) is 9.95. The summed E-state index contributed by atoms with van der Waals surface area (Å²) in [7, 11) is 0. The number of hydrogen-bond acceptors (Lipinski definition) is 6. The van der Waals surface area contributed by atoms with Crippen molar-refractivity contribution in [1.29, 1.82) is 5.26 Å². The van der Waals surface area contributed by atoms with Crippen LogP contribution in [0.3, 0.4) is 0 Å². The molecule has 0 aromatic carbocycles. The Morgan fingerprint density at radius 1 is 1.64 bits per heavy atom. The van der Waals surface area contributed by atoms with Crippen LogP contribution >= 0.6 is 0 Å². The standard InChI is InChI=1S/C6H4N2.CH2O4.Na/c7-5-6-3-1-2-4-8-6;2-1(3)5-4;/h1-4H;4H,(H,2,3);/q;;+1/p-1. The van der Waals surface area contributed by atoms with Gasteiger partial charge in [-0.25, -0.2) is 4.98 Å². The van der Waals surface area contributed by atoms with Crippen molar-refractivity contribution in [3.05, 3.63) is 30.1 Å². The van der Waals surface area contributed by atoms with Crippen molar-refractivity contribution in [3.8, 4) is 6.07 Å². The van der Waals surface area contributed by atoms with Crippen molar-refractivity contribution in [2.24, 2.45) is 0 Å². The van der Waals surface area contributed by atoms with Gasteiger partial charge in [0.05, 0.1) is 0 Å². The van der Waals surface area contributed by atoms with Crippen LogP contribution in [0.25, 0.3) is 0 Å². The summed E-state index contributed by atoms with van der Waals surface area (Å²) in [6.07, 6.45) is -0.344. The van der Waals surface area contributed by atoms with Gasteiger partial charge in [-0.15, -0.1) is 0 Å². The van der Waals surface area contributed by atoms with Gasteiger partial charge in [0.25, 0.3) is 6.16 Å². The number of carbonyl (C=O) groups excluding carboxylic acids is 1. The van der Waals surface area contributed by atoms with Crippen LogP contribution in [0.1, 0.15) is 5.69 Å². The minimum atomic E-state index is -1.94. The summed E-state index contributed by atoms with van der Waals surface area (Å²) in [5, 5.41) is 24.0.